The van der Waals surface area contributed by atoms with Crippen molar-refractivity contribution in [2.75, 3.05) is 12.4 Å². The topological polar surface area (TPSA) is 37.3 Å². The summed E-state index contributed by atoms with van der Waals surface area (Å²) in [6.07, 6.45) is 4.24. The lowest BCUT2D eigenvalue weighted by Gasteiger charge is -2.18. The summed E-state index contributed by atoms with van der Waals surface area (Å²) in [6.45, 7) is 6.11. The molecule has 112 valence electrons. The van der Waals surface area contributed by atoms with Crippen molar-refractivity contribution < 1.29 is 4.79 Å². The van der Waals surface area contributed by atoms with Gasteiger partial charge in [0, 0.05) is 51.7 Å². The number of carbonyl (C=O) groups excluding carboxylic acids is 1. The van der Waals surface area contributed by atoms with E-state index in [2.05, 4.69) is 47.4 Å². The maximum Gasteiger partial charge on any atom is 0.219 e. The highest BCUT2D eigenvalue weighted by molar-refractivity contribution is 5.73. The Hall–Kier alpha value is -2.23. The van der Waals surface area contributed by atoms with Crippen molar-refractivity contribution in [3.05, 3.63) is 53.9 Å². The summed E-state index contributed by atoms with van der Waals surface area (Å²) >= 11 is 0. The Balaban J connectivity index is 2.04. The summed E-state index contributed by atoms with van der Waals surface area (Å²) in [4.78, 5) is 13.1. The normalized spacial score (nSPS) is 10.4. The lowest BCUT2D eigenvalue weighted by atomic mass is 10.1. The largest absolute Gasteiger partial charge is 0.381 e. The van der Waals surface area contributed by atoms with Crippen molar-refractivity contribution in [1.82, 2.24) is 9.47 Å². The van der Waals surface area contributed by atoms with E-state index in [9.17, 15) is 4.79 Å². The fourth-order valence-electron chi connectivity index (χ4n) is 2.19. The molecule has 0 fully saturated rings. The number of aryl methyl sites for hydroxylation is 1. The molecule has 2 aromatic rings. The van der Waals surface area contributed by atoms with E-state index in [0.717, 1.165) is 24.3 Å². The molecule has 0 spiro atoms. The summed E-state index contributed by atoms with van der Waals surface area (Å²) in [7, 11) is 1.82. The van der Waals surface area contributed by atoms with Crippen LogP contribution in [0.15, 0.2) is 42.7 Å². The van der Waals surface area contributed by atoms with E-state index in [1.807, 2.05) is 19.2 Å². The minimum Gasteiger partial charge on any atom is -0.381 e. The van der Waals surface area contributed by atoms with Gasteiger partial charge in [-0.05, 0) is 30.2 Å². The van der Waals surface area contributed by atoms with Gasteiger partial charge in [-0.2, -0.15) is 0 Å². The molecule has 1 aromatic heterocycles. The number of nitrogens with zero attached hydrogens (tertiary/aromatic N) is 2. The first-order chi connectivity index (χ1) is 10.1. The second-order valence-electron chi connectivity index (χ2n) is 5.24. The number of hydrogen-bond donors (Lipinski definition) is 1. The minimum absolute atomic E-state index is 0.0739. The van der Waals surface area contributed by atoms with Crippen LogP contribution >= 0.6 is 0 Å². The number of rotatable bonds is 6. The van der Waals surface area contributed by atoms with Crippen molar-refractivity contribution in [3.8, 4) is 0 Å². The molecule has 1 aromatic carbocycles. The van der Waals surface area contributed by atoms with Crippen LogP contribution in [0.25, 0.3) is 0 Å². The van der Waals surface area contributed by atoms with Gasteiger partial charge in [-0.1, -0.05) is 18.2 Å². The lowest BCUT2D eigenvalue weighted by molar-refractivity contribution is -0.128. The van der Waals surface area contributed by atoms with Crippen molar-refractivity contribution in [2.45, 2.75) is 33.5 Å². The van der Waals surface area contributed by atoms with Crippen LogP contribution in [0.3, 0.4) is 0 Å². The van der Waals surface area contributed by atoms with E-state index in [4.69, 9.17) is 0 Å². The van der Waals surface area contributed by atoms with Crippen LogP contribution in [0.5, 0.6) is 0 Å². The molecule has 2 rings (SSSR count). The number of anilines is 1. The molecule has 1 N–H and O–H groups in total. The van der Waals surface area contributed by atoms with E-state index in [-0.39, 0.29) is 5.91 Å². The minimum atomic E-state index is 0.0739. The molecule has 0 aliphatic rings. The number of nitrogens with one attached hydrogen (secondary N) is 1. The predicted octanol–water partition coefficient (Wildman–Crippen LogP) is 3.10. The van der Waals surface area contributed by atoms with Crippen LogP contribution < -0.4 is 5.32 Å². The van der Waals surface area contributed by atoms with Gasteiger partial charge in [0.15, 0.2) is 0 Å². The van der Waals surface area contributed by atoms with Crippen molar-refractivity contribution >= 4 is 11.6 Å². The zero-order chi connectivity index (χ0) is 15.2. The Labute approximate surface area is 126 Å². The van der Waals surface area contributed by atoms with Crippen LogP contribution in [-0.4, -0.2) is 22.4 Å². The number of hydrogen-bond acceptors (Lipinski definition) is 2. The third-order valence-electron chi connectivity index (χ3n) is 3.62. The van der Waals surface area contributed by atoms with Gasteiger partial charge in [0.2, 0.25) is 5.91 Å². The Bertz CT molecular complexity index is 604. The Kier molecular flexibility index (Phi) is 5.04. The number of para-hydroxylation sites is 1. The highest BCUT2D eigenvalue weighted by atomic mass is 16.2. The summed E-state index contributed by atoms with van der Waals surface area (Å²) in [6, 6.07) is 10.2. The maximum absolute atomic E-state index is 11.4. The van der Waals surface area contributed by atoms with Gasteiger partial charge in [-0.3, -0.25) is 4.79 Å². The van der Waals surface area contributed by atoms with Crippen molar-refractivity contribution in [1.29, 1.82) is 0 Å². The average Bonchev–Trinajstić information content (AvgIpc) is 2.94. The zero-order valence-electron chi connectivity index (χ0n) is 13.0. The first-order valence-electron chi connectivity index (χ1n) is 7.28. The lowest BCUT2D eigenvalue weighted by Crippen LogP contribution is -2.23. The molecule has 0 aliphatic carbocycles. The molecule has 1 amide bonds. The van der Waals surface area contributed by atoms with E-state index in [0.29, 0.717) is 6.54 Å². The molecule has 0 unspecified atom stereocenters. The van der Waals surface area contributed by atoms with Crippen LogP contribution in [0.2, 0.25) is 0 Å². The highest BCUT2D eigenvalue weighted by Gasteiger charge is 2.07. The summed E-state index contributed by atoms with van der Waals surface area (Å²) in [5.41, 5.74) is 3.46. The van der Waals surface area contributed by atoms with Gasteiger partial charge in [-0.25, -0.2) is 0 Å². The fraction of sp³-hybridized carbons (Fsp3) is 0.353. The van der Waals surface area contributed by atoms with Gasteiger partial charge in [0.25, 0.3) is 0 Å². The summed E-state index contributed by atoms with van der Waals surface area (Å²) in [5.74, 6) is 0.0739. The van der Waals surface area contributed by atoms with Gasteiger partial charge in [-0.15, -0.1) is 0 Å². The smallest absolute Gasteiger partial charge is 0.219 e. The molecule has 4 heteroatoms. The molecule has 4 nitrogen and oxygen atoms in total. The summed E-state index contributed by atoms with van der Waals surface area (Å²) < 4.78 is 2.16. The third kappa shape index (κ3) is 4.12. The van der Waals surface area contributed by atoms with E-state index >= 15 is 0 Å². The third-order valence-corrected chi connectivity index (χ3v) is 3.62. The molecule has 0 radical (unpaired) electrons. The zero-order valence-corrected chi connectivity index (χ0v) is 13.0. The first-order valence-corrected chi connectivity index (χ1v) is 7.28. The predicted molar refractivity (Wildman–Crippen MR) is 86.0 cm³/mol. The highest BCUT2D eigenvalue weighted by Crippen LogP contribution is 2.18. The molecule has 0 saturated carbocycles. The van der Waals surface area contributed by atoms with E-state index < -0.39 is 0 Å². The Morgan fingerprint density at radius 1 is 1.29 bits per heavy atom. The van der Waals surface area contributed by atoms with E-state index in [1.54, 1.807) is 11.8 Å². The average molecular weight is 285 g/mol. The second-order valence-corrected chi connectivity index (χ2v) is 5.24. The molecular formula is C17H23N3O. The monoisotopic (exact) mass is 285 g/mol. The Morgan fingerprint density at radius 2 is 2.05 bits per heavy atom. The SMILES string of the molecule is CCn1ccc(CNc2ccccc2CN(C)C(C)=O)c1. The van der Waals surface area contributed by atoms with Crippen LogP contribution in [-0.2, 0) is 24.4 Å². The molecule has 21 heavy (non-hydrogen) atoms. The molecule has 0 aliphatic heterocycles. The van der Waals surface area contributed by atoms with Crippen molar-refractivity contribution in [2.24, 2.45) is 0 Å². The number of aromatic nitrogens is 1. The standard InChI is InChI=1S/C17H23N3O/c1-4-20-10-9-15(12-20)11-18-17-8-6-5-7-16(17)13-19(3)14(2)21/h5-10,12,18H,4,11,13H2,1-3H3. The second kappa shape index (κ2) is 6.97. The summed E-state index contributed by atoms with van der Waals surface area (Å²) in [5, 5.41) is 3.46. The molecule has 0 atom stereocenters. The van der Waals surface area contributed by atoms with Gasteiger partial charge in [0.05, 0.1) is 0 Å². The first kappa shape index (κ1) is 15.2. The van der Waals surface area contributed by atoms with Crippen molar-refractivity contribution in [3.63, 3.8) is 0 Å². The maximum atomic E-state index is 11.4. The molecule has 0 bridgehead atoms. The van der Waals surface area contributed by atoms with Crippen LogP contribution in [0, 0.1) is 0 Å². The van der Waals surface area contributed by atoms with Gasteiger partial charge in [0.1, 0.15) is 0 Å². The number of carbonyl (C=O) groups is 1. The fourth-order valence-corrected chi connectivity index (χ4v) is 2.19. The number of benzene rings is 1. The molecule has 0 saturated heterocycles. The quantitative estimate of drug-likeness (QED) is 0.885. The van der Waals surface area contributed by atoms with Crippen LogP contribution in [0.1, 0.15) is 25.0 Å². The van der Waals surface area contributed by atoms with E-state index in [1.165, 1.54) is 5.56 Å². The molecular weight excluding hydrogens is 262 g/mol. The molecule has 1 heterocycles. The number of amides is 1. The van der Waals surface area contributed by atoms with Gasteiger partial charge >= 0.3 is 0 Å². The van der Waals surface area contributed by atoms with Crippen LogP contribution in [0.4, 0.5) is 5.69 Å². The van der Waals surface area contributed by atoms with Gasteiger partial charge < -0.3 is 14.8 Å². The Morgan fingerprint density at radius 3 is 2.71 bits per heavy atom.